The molecule has 2 amide bonds. The summed E-state index contributed by atoms with van der Waals surface area (Å²) in [5, 5.41) is 0. The van der Waals surface area contributed by atoms with Crippen LogP contribution in [0, 0.1) is 37.5 Å². The minimum atomic E-state index is -0.506. The van der Waals surface area contributed by atoms with Crippen LogP contribution >= 0.6 is 0 Å². The van der Waals surface area contributed by atoms with Gasteiger partial charge in [-0.2, -0.15) is 0 Å². The van der Waals surface area contributed by atoms with Crippen LogP contribution in [0.25, 0.3) is 5.57 Å². The lowest BCUT2D eigenvalue weighted by atomic mass is 9.85. The SMILES string of the molecule is COC(=O)c1cccc(N2C(=O)[C@H]3[C@H](C2=O)[C@H]2C=C[C@H]3C2=C(c2ccc(C)cc2)c2ccc(C)cc2)c1. The summed E-state index contributed by atoms with van der Waals surface area (Å²) in [6, 6.07) is 23.4. The van der Waals surface area contributed by atoms with Crippen LogP contribution < -0.4 is 4.90 Å². The van der Waals surface area contributed by atoms with Crippen molar-refractivity contribution in [2.75, 3.05) is 12.0 Å². The average molecular weight is 490 g/mol. The maximum absolute atomic E-state index is 13.8. The summed E-state index contributed by atoms with van der Waals surface area (Å²) in [6.45, 7) is 4.13. The van der Waals surface area contributed by atoms with Gasteiger partial charge in [-0.3, -0.25) is 9.59 Å². The molecule has 1 saturated carbocycles. The van der Waals surface area contributed by atoms with Crippen LogP contribution in [0.3, 0.4) is 0 Å². The van der Waals surface area contributed by atoms with E-state index in [0.717, 1.165) is 22.3 Å². The van der Waals surface area contributed by atoms with Gasteiger partial charge >= 0.3 is 5.97 Å². The quantitative estimate of drug-likeness (QED) is 0.275. The van der Waals surface area contributed by atoms with Gasteiger partial charge in [0.15, 0.2) is 0 Å². The molecule has 0 radical (unpaired) electrons. The van der Waals surface area contributed by atoms with Gasteiger partial charge in [0, 0.05) is 11.8 Å². The maximum Gasteiger partial charge on any atom is 0.337 e. The highest BCUT2D eigenvalue weighted by molar-refractivity contribution is 6.23. The molecule has 1 saturated heterocycles. The van der Waals surface area contributed by atoms with Crippen LogP contribution in [-0.4, -0.2) is 24.9 Å². The number of aryl methyl sites for hydroxylation is 2. The van der Waals surface area contributed by atoms with E-state index in [2.05, 4.69) is 74.5 Å². The van der Waals surface area contributed by atoms with E-state index >= 15 is 0 Å². The monoisotopic (exact) mass is 489 g/mol. The van der Waals surface area contributed by atoms with Gasteiger partial charge < -0.3 is 4.74 Å². The van der Waals surface area contributed by atoms with E-state index < -0.39 is 17.8 Å². The number of carbonyl (C=O) groups excluding carboxylic acids is 3. The second kappa shape index (κ2) is 8.70. The Kier molecular flexibility index (Phi) is 5.45. The van der Waals surface area contributed by atoms with Gasteiger partial charge in [-0.25, -0.2) is 9.69 Å². The molecule has 6 rings (SSSR count). The number of hydrogen-bond donors (Lipinski definition) is 0. The van der Waals surface area contributed by atoms with Crippen LogP contribution in [0.5, 0.6) is 0 Å². The molecular formula is C32H27NO4. The number of imide groups is 1. The minimum Gasteiger partial charge on any atom is -0.465 e. The maximum atomic E-state index is 13.8. The Morgan fingerprint density at radius 3 is 1.73 bits per heavy atom. The van der Waals surface area contributed by atoms with Crippen molar-refractivity contribution in [1.82, 2.24) is 0 Å². The Labute approximate surface area is 216 Å². The van der Waals surface area contributed by atoms with E-state index in [-0.39, 0.29) is 23.7 Å². The fraction of sp³-hybridized carbons (Fsp3) is 0.219. The highest BCUT2D eigenvalue weighted by atomic mass is 16.5. The van der Waals surface area contributed by atoms with Gasteiger partial charge in [0.25, 0.3) is 0 Å². The lowest BCUT2D eigenvalue weighted by Crippen LogP contribution is -2.33. The molecule has 1 aliphatic heterocycles. The van der Waals surface area contributed by atoms with Crippen molar-refractivity contribution in [3.8, 4) is 0 Å². The summed E-state index contributed by atoms with van der Waals surface area (Å²) in [7, 11) is 1.31. The molecule has 3 aliphatic rings. The fourth-order valence-electron chi connectivity index (χ4n) is 6.18. The number of allylic oxidation sites excluding steroid dienone is 3. The van der Waals surface area contributed by atoms with Crippen LogP contribution in [-0.2, 0) is 14.3 Å². The molecule has 1 heterocycles. The van der Waals surface area contributed by atoms with Crippen molar-refractivity contribution in [2.45, 2.75) is 13.8 Å². The zero-order valence-corrected chi connectivity index (χ0v) is 21.0. The molecule has 4 atom stereocenters. The third-order valence-corrected chi connectivity index (χ3v) is 7.91. The van der Waals surface area contributed by atoms with Crippen LogP contribution in [0.1, 0.15) is 32.6 Å². The Bertz CT molecular complexity index is 1410. The summed E-state index contributed by atoms with van der Waals surface area (Å²) >= 11 is 0. The first kappa shape index (κ1) is 23.2. The van der Waals surface area contributed by atoms with Crippen molar-refractivity contribution in [3.63, 3.8) is 0 Å². The Morgan fingerprint density at radius 1 is 0.730 bits per heavy atom. The molecule has 2 bridgehead atoms. The first-order valence-corrected chi connectivity index (χ1v) is 12.5. The zero-order valence-electron chi connectivity index (χ0n) is 21.0. The lowest BCUT2D eigenvalue weighted by Gasteiger charge is -2.22. The molecular weight excluding hydrogens is 462 g/mol. The molecule has 0 spiro atoms. The van der Waals surface area contributed by atoms with E-state index in [4.69, 9.17) is 4.74 Å². The van der Waals surface area contributed by atoms with Crippen molar-refractivity contribution < 1.29 is 19.1 Å². The number of ether oxygens (including phenoxy) is 1. The van der Waals surface area contributed by atoms with Crippen molar-refractivity contribution in [2.24, 2.45) is 23.7 Å². The largest absolute Gasteiger partial charge is 0.465 e. The number of carbonyl (C=O) groups is 3. The molecule has 184 valence electrons. The van der Waals surface area contributed by atoms with Gasteiger partial charge in [0.1, 0.15) is 0 Å². The Balaban J connectivity index is 1.45. The number of amides is 2. The van der Waals surface area contributed by atoms with E-state index in [0.29, 0.717) is 11.3 Å². The smallest absolute Gasteiger partial charge is 0.337 e. The fourth-order valence-corrected chi connectivity index (χ4v) is 6.18. The number of esters is 1. The summed E-state index contributed by atoms with van der Waals surface area (Å²) < 4.78 is 4.82. The molecule has 3 aromatic carbocycles. The molecule has 3 aromatic rings. The Morgan fingerprint density at radius 2 is 1.24 bits per heavy atom. The number of anilines is 1. The molecule has 2 aliphatic carbocycles. The summed E-state index contributed by atoms with van der Waals surface area (Å²) in [5.41, 5.74) is 7.50. The van der Waals surface area contributed by atoms with E-state index in [1.165, 1.54) is 23.1 Å². The molecule has 5 heteroatoms. The van der Waals surface area contributed by atoms with Crippen LogP contribution in [0.15, 0.2) is 90.5 Å². The first-order chi connectivity index (χ1) is 17.9. The van der Waals surface area contributed by atoms with E-state index in [9.17, 15) is 14.4 Å². The van der Waals surface area contributed by atoms with Crippen molar-refractivity contribution >= 4 is 29.0 Å². The molecule has 5 nitrogen and oxygen atoms in total. The zero-order chi connectivity index (χ0) is 25.8. The molecule has 0 N–H and O–H groups in total. The highest BCUT2D eigenvalue weighted by Crippen LogP contribution is 2.58. The van der Waals surface area contributed by atoms with E-state index in [1.54, 1.807) is 24.3 Å². The van der Waals surface area contributed by atoms with E-state index in [1.807, 2.05) is 0 Å². The van der Waals surface area contributed by atoms with Crippen LogP contribution in [0.4, 0.5) is 5.69 Å². The third-order valence-electron chi connectivity index (χ3n) is 7.91. The third kappa shape index (κ3) is 3.57. The van der Waals surface area contributed by atoms with Gasteiger partial charge in [-0.15, -0.1) is 0 Å². The molecule has 37 heavy (non-hydrogen) atoms. The van der Waals surface area contributed by atoms with Gasteiger partial charge in [-0.1, -0.05) is 77.9 Å². The molecule has 0 unspecified atom stereocenters. The molecule has 0 aromatic heterocycles. The lowest BCUT2D eigenvalue weighted by molar-refractivity contribution is -0.122. The highest BCUT2D eigenvalue weighted by Gasteiger charge is 2.62. The van der Waals surface area contributed by atoms with Gasteiger partial charge in [0.2, 0.25) is 11.8 Å². The van der Waals surface area contributed by atoms with Gasteiger partial charge in [0.05, 0.1) is 30.2 Å². The van der Waals surface area contributed by atoms with Gasteiger partial charge in [-0.05, 0) is 54.3 Å². The van der Waals surface area contributed by atoms with Crippen LogP contribution in [0.2, 0.25) is 0 Å². The normalized spacial score (nSPS) is 23.5. The average Bonchev–Trinajstić information content (AvgIpc) is 3.55. The number of hydrogen-bond acceptors (Lipinski definition) is 4. The number of nitrogens with zero attached hydrogens (tertiary/aromatic N) is 1. The predicted molar refractivity (Wildman–Crippen MR) is 142 cm³/mol. The van der Waals surface area contributed by atoms with Crippen molar-refractivity contribution in [3.05, 3.63) is 118 Å². The molecule has 2 fully saturated rings. The number of rotatable bonds is 4. The summed E-state index contributed by atoms with van der Waals surface area (Å²) in [4.78, 5) is 40.9. The number of benzene rings is 3. The first-order valence-electron chi connectivity index (χ1n) is 12.5. The number of fused-ring (bicyclic) bond motifs is 5. The predicted octanol–water partition coefficient (Wildman–Crippen LogP) is 5.51. The second-order valence-electron chi connectivity index (χ2n) is 10.1. The topological polar surface area (TPSA) is 63.7 Å². The number of methoxy groups -OCH3 is 1. The van der Waals surface area contributed by atoms with Crippen molar-refractivity contribution in [1.29, 1.82) is 0 Å². The standard InChI is InChI=1S/C32H27NO4/c1-18-7-11-20(12-8-18)26(21-13-9-19(2)10-14-21)27-24-15-16-25(27)29-28(24)30(34)33(31(29)35)23-6-4-5-22(17-23)32(36)37-3/h4-17,24-25,28-29H,1-3H3/t24-,25-,28+,29+/m0/s1. The minimum absolute atomic E-state index is 0.155. The Hall–Kier alpha value is -4.25. The summed E-state index contributed by atoms with van der Waals surface area (Å²) in [5.74, 6) is -2.14. The second-order valence-corrected chi connectivity index (χ2v) is 10.1. The summed E-state index contributed by atoms with van der Waals surface area (Å²) in [6.07, 6.45) is 4.20.